The highest BCUT2D eigenvalue weighted by Crippen LogP contribution is 2.25. The van der Waals surface area contributed by atoms with Crippen molar-refractivity contribution in [2.24, 2.45) is 0 Å². The van der Waals surface area contributed by atoms with Crippen LogP contribution in [0.3, 0.4) is 0 Å². The summed E-state index contributed by atoms with van der Waals surface area (Å²) in [6.07, 6.45) is 4.66. The van der Waals surface area contributed by atoms with Gasteiger partial charge in [0.15, 0.2) is 6.61 Å². The summed E-state index contributed by atoms with van der Waals surface area (Å²) in [5.74, 6) is 0.819. The fourth-order valence-corrected chi connectivity index (χ4v) is 4.34. The van der Waals surface area contributed by atoms with Gasteiger partial charge in [0.2, 0.25) is 5.91 Å². The van der Waals surface area contributed by atoms with Crippen LogP contribution in [-0.4, -0.2) is 42.5 Å². The fraction of sp³-hybridized carbons (Fsp3) is 0.440. The van der Waals surface area contributed by atoms with Gasteiger partial charge in [-0.1, -0.05) is 49.0 Å². The average molecular weight is 493 g/mol. The zero-order valence-electron chi connectivity index (χ0n) is 19.0. The molecule has 1 saturated carbocycles. The Labute approximate surface area is 205 Å². The Morgan fingerprint density at radius 3 is 2.33 bits per heavy atom. The highest BCUT2D eigenvalue weighted by Gasteiger charge is 2.31. The van der Waals surface area contributed by atoms with Crippen molar-refractivity contribution in [1.82, 2.24) is 10.2 Å². The van der Waals surface area contributed by atoms with E-state index in [-0.39, 0.29) is 31.0 Å². The molecule has 3 rings (SSSR count). The maximum atomic E-state index is 13.3. The molecule has 0 heterocycles. The van der Waals surface area contributed by atoms with E-state index in [1.54, 1.807) is 54.5 Å². The van der Waals surface area contributed by atoms with Crippen LogP contribution >= 0.6 is 23.2 Å². The lowest BCUT2D eigenvalue weighted by Gasteiger charge is -2.31. The molecule has 33 heavy (non-hydrogen) atoms. The van der Waals surface area contributed by atoms with E-state index in [2.05, 4.69) is 5.32 Å². The number of rotatable bonds is 10. The molecule has 2 aromatic carbocycles. The molecule has 0 radical (unpaired) electrons. The second-order valence-electron chi connectivity index (χ2n) is 8.15. The normalized spacial score (nSPS) is 14.5. The van der Waals surface area contributed by atoms with Gasteiger partial charge in [-0.15, -0.1) is 0 Å². The van der Waals surface area contributed by atoms with Gasteiger partial charge in [0, 0.05) is 12.6 Å². The summed E-state index contributed by atoms with van der Waals surface area (Å²) < 4.78 is 10.9. The molecular formula is C25H30Cl2N2O4. The largest absolute Gasteiger partial charge is 0.497 e. The molecule has 8 heteroatoms. The first-order valence-electron chi connectivity index (χ1n) is 11.2. The molecule has 2 amide bonds. The minimum absolute atomic E-state index is 0.137. The SMILES string of the molecule is CC[C@@H](C(=O)NC1CCCC1)N(Cc1ccc(Cl)c(Cl)c1)C(=O)COc1ccc(OC)cc1. The molecule has 0 aliphatic heterocycles. The minimum atomic E-state index is -0.618. The molecule has 0 bridgehead atoms. The maximum Gasteiger partial charge on any atom is 0.261 e. The lowest BCUT2D eigenvalue weighted by molar-refractivity contribution is -0.143. The lowest BCUT2D eigenvalue weighted by atomic mass is 10.1. The summed E-state index contributed by atoms with van der Waals surface area (Å²) in [7, 11) is 1.59. The van der Waals surface area contributed by atoms with Crippen molar-refractivity contribution >= 4 is 35.0 Å². The van der Waals surface area contributed by atoms with Crippen LogP contribution in [0, 0.1) is 0 Å². The number of carbonyl (C=O) groups excluding carboxylic acids is 2. The number of amides is 2. The molecular weight excluding hydrogens is 463 g/mol. The van der Waals surface area contributed by atoms with Crippen LogP contribution in [0.4, 0.5) is 0 Å². The number of methoxy groups -OCH3 is 1. The predicted octanol–water partition coefficient (Wildman–Crippen LogP) is 5.25. The van der Waals surface area contributed by atoms with Gasteiger partial charge in [-0.3, -0.25) is 9.59 Å². The Morgan fingerprint density at radius 2 is 1.73 bits per heavy atom. The zero-order chi connectivity index (χ0) is 23.8. The highest BCUT2D eigenvalue weighted by molar-refractivity contribution is 6.42. The van der Waals surface area contributed by atoms with E-state index in [0.717, 1.165) is 31.2 Å². The van der Waals surface area contributed by atoms with Crippen molar-refractivity contribution in [3.05, 3.63) is 58.1 Å². The van der Waals surface area contributed by atoms with E-state index < -0.39 is 6.04 Å². The molecule has 0 unspecified atom stereocenters. The fourth-order valence-electron chi connectivity index (χ4n) is 4.02. The van der Waals surface area contributed by atoms with Gasteiger partial charge in [-0.05, 0) is 61.2 Å². The Morgan fingerprint density at radius 1 is 1.06 bits per heavy atom. The molecule has 0 spiro atoms. The van der Waals surface area contributed by atoms with Gasteiger partial charge in [0.25, 0.3) is 5.91 Å². The van der Waals surface area contributed by atoms with Crippen LogP contribution in [-0.2, 0) is 16.1 Å². The molecule has 1 N–H and O–H groups in total. The van der Waals surface area contributed by atoms with Gasteiger partial charge >= 0.3 is 0 Å². The molecule has 0 aromatic heterocycles. The third-order valence-electron chi connectivity index (χ3n) is 5.85. The molecule has 178 valence electrons. The van der Waals surface area contributed by atoms with Crippen LogP contribution in [0.15, 0.2) is 42.5 Å². The molecule has 1 fully saturated rings. The zero-order valence-corrected chi connectivity index (χ0v) is 20.5. The van der Waals surface area contributed by atoms with E-state index in [9.17, 15) is 9.59 Å². The first-order valence-corrected chi connectivity index (χ1v) is 12.0. The van der Waals surface area contributed by atoms with E-state index in [0.29, 0.717) is 28.0 Å². The highest BCUT2D eigenvalue weighted by atomic mass is 35.5. The molecule has 1 atom stereocenters. The number of nitrogens with one attached hydrogen (secondary N) is 1. The average Bonchev–Trinajstić information content (AvgIpc) is 3.33. The van der Waals surface area contributed by atoms with Gasteiger partial charge in [-0.2, -0.15) is 0 Å². The molecule has 2 aromatic rings. The van der Waals surface area contributed by atoms with Crippen molar-refractivity contribution in [2.75, 3.05) is 13.7 Å². The van der Waals surface area contributed by atoms with Crippen molar-refractivity contribution in [2.45, 2.75) is 57.7 Å². The number of hydrogen-bond acceptors (Lipinski definition) is 4. The summed E-state index contributed by atoms with van der Waals surface area (Å²) in [6, 6.07) is 11.8. The van der Waals surface area contributed by atoms with Gasteiger partial charge < -0.3 is 19.7 Å². The van der Waals surface area contributed by atoms with Crippen LogP contribution in [0.5, 0.6) is 11.5 Å². The van der Waals surface area contributed by atoms with Crippen molar-refractivity contribution in [3.8, 4) is 11.5 Å². The van der Waals surface area contributed by atoms with E-state index in [4.69, 9.17) is 32.7 Å². The summed E-state index contributed by atoms with van der Waals surface area (Å²) in [5, 5.41) is 3.96. The molecule has 1 aliphatic rings. The lowest BCUT2D eigenvalue weighted by Crippen LogP contribution is -2.52. The van der Waals surface area contributed by atoms with Gasteiger partial charge in [0.05, 0.1) is 17.2 Å². The van der Waals surface area contributed by atoms with Crippen LogP contribution in [0.25, 0.3) is 0 Å². The Hall–Kier alpha value is -2.44. The van der Waals surface area contributed by atoms with Crippen LogP contribution < -0.4 is 14.8 Å². The molecule has 1 aliphatic carbocycles. The number of ether oxygens (including phenoxy) is 2. The number of benzene rings is 2. The third kappa shape index (κ3) is 7.02. The Bertz CT molecular complexity index is 946. The van der Waals surface area contributed by atoms with Gasteiger partial charge in [0.1, 0.15) is 17.5 Å². The first kappa shape index (κ1) is 25.2. The number of nitrogens with zero attached hydrogens (tertiary/aromatic N) is 1. The summed E-state index contributed by atoms with van der Waals surface area (Å²) >= 11 is 12.2. The maximum absolute atomic E-state index is 13.3. The summed E-state index contributed by atoms with van der Waals surface area (Å²) in [6.45, 7) is 1.93. The summed E-state index contributed by atoms with van der Waals surface area (Å²) in [4.78, 5) is 28.0. The quantitative estimate of drug-likeness (QED) is 0.491. The summed E-state index contributed by atoms with van der Waals surface area (Å²) in [5.41, 5.74) is 0.786. The van der Waals surface area contributed by atoms with Crippen LogP contribution in [0.1, 0.15) is 44.6 Å². The second kappa shape index (κ2) is 12.1. The smallest absolute Gasteiger partial charge is 0.261 e. The number of halogens is 2. The Kier molecular flexibility index (Phi) is 9.27. The molecule has 0 saturated heterocycles. The number of carbonyl (C=O) groups is 2. The van der Waals surface area contributed by atoms with Crippen molar-refractivity contribution in [3.63, 3.8) is 0 Å². The monoisotopic (exact) mass is 492 g/mol. The minimum Gasteiger partial charge on any atom is -0.497 e. The van der Waals surface area contributed by atoms with E-state index >= 15 is 0 Å². The van der Waals surface area contributed by atoms with Crippen molar-refractivity contribution in [1.29, 1.82) is 0 Å². The first-order chi connectivity index (χ1) is 15.9. The standard InChI is InChI=1S/C25H30Cl2N2O4/c1-3-23(25(31)28-18-6-4-5-7-18)29(15-17-8-13-21(26)22(27)14-17)24(30)16-33-20-11-9-19(32-2)10-12-20/h8-14,18,23H,3-7,15-16H2,1-2H3,(H,28,31)/t23-/m0/s1. The Balaban J connectivity index is 1.76. The van der Waals surface area contributed by atoms with Gasteiger partial charge in [-0.25, -0.2) is 0 Å². The van der Waals surface area contributed by atoms with E-state index in [1.807, 2.05) is 6.92 Å². The third-order valence-corrected chi connectivity index (χ3v) is 6.59. The van der Waals surface area contributed by atoms with E-state index in [1.165, 1.54) is 0 Å². The number of hydrogen-bond donors (Lipinski definition) is 1. The predicted molar refractivity (Wildman–Crippen MR) is 130 cm³/mol. The van der Waals surface area contributed by atoms with Crippen LogP contribution in [0.2, 0.25) is 10.0 Å². The second-order valence-corrected chi connectivity index (χ2v) is 8.96. The molecule has 6 nitrogen and oxygen atoms in total. The topological polar surface area (TPSA) is 67.9 Å². The van der Waals surface area contributed by atoms with Crippen molar-refractivity contribution < 1.29 is 19.1 Å².